The van der Waals surface area contributed by atoms with Crippen LogP contribution < -0.4 is 0 Å². The van der Waals surface area contributed by atoms with Gasteiger partial charge in [-0.2, -0.15) is 5.10 Å². The minimum Gasteiger partial charge on any atom is -0.296 e. The molecule has 0 bridgehead atoms. The molecule has 6 aromatic carbocycles. The highest BCUT2D eigenvalue weighted by molar-refractivity contribution is 6.02. The van der Waals surface area contributed by atoms with Gasteiger partial charge in [0, 0.05) is 29.1 Å². The fraction of sp³-hybridized carbons (Fsp3) is 0.125. The van der Waals surface area contributed by atoms with Crippen LogP contribution in [0.1, 0.15) is 29.5 Å². The molecule has 214 valence electrons. The number of benzene rings is 6. The molecule has 0 saturated heterocycles. The number of aliphatic imine (C=N–C) groups is 2. The van der Waals surface area contributed by atoms with Gasteiger partial charge >= 0.3 is 0 Å². The maximum atomic E-state index is 5.03. The smallest absolute Gasteiger partial charge is 0.0929 e. The van der Waals surface area contributed by atoms with Crippen LogP contribution in [0.25, 0.3) is 43.7 Å². The molecule has 0 spiro atoms. The van der Waals surface area contributed by atoms with Crippen LogP contribution in [-0.4, -0.2) is 28.8 Å². The van der Waals surface area contributed by atoms with Gasteiger partial charge in [0.05, 0.1) is 24.3 Å². The van der Waals surface area contributed by atoms with E-state index in [1.54, 1.807) is 0 Å². The lowest BCUT2D eigenvalue weighted by atomic mass is 9.88. The summed E-state index contributed by atoms with van der Waals surface area (Å²) in [4.78, 5) is 8.89. The third-order valence-corrected chi connectivity index (χ3v) is 8.52. The molecule has 8 rings (SSSR count). The van der Waals surface area contributed by atoms with Gasteiger partial charge in [-0.15, -0.1) is 0 Å². The van der Waals surface area contributed by atoms with Gasteiger partial charge in [-0.25, -0.2) is 0 Å². The van der Waals surface area contributed by atoms with Crippen LogP contribution in [0.2, 0.25) is 0 Å². The largest absolute Gasteiger partial charge is 0.296 e. The molecule has 0 radical (unpaired) electrons. The number of hydrogen-bond acceptors (Lipinski definition) is 3. The van der Waals surface area contributed by atoms with Crippen molar-refractivity contribution in [1.82, 2.24) is 9.78 Å². The second-order valence-electron chi connectivity index (χ2n) is 11.4. The van der Waals surface area contributed by atoms with E-state index < -0.39 is 0 Å². The number of aromatic nitrogens is 2. The van der Waals surface area contributed by atoms with Crippen molar-refractivity contribution in [1.29, 1.82) is 0 Å². The van der Waals surface area contributed by atoms with E-state index in [-0.39, 0.29) is 0 Å². The van der Waals surface area contributed by atoms with Gasteiger partial charge < -0.3 is 0 Å². The zero-order chi connectivity index (χ0) is 29.9. The zero-order valence-electron chi connectivity index (χ0n) is 24.9. The van der Waals surface area contributed by atoms with Crippen LogP contribution in [0.15, 0.2) is 143 Å². The molecule has 4 heteroatoms. The summed E-state index contributed by atoms with van der Waals surface area (Å²) >= 11 is 0. The summed E-state index contributed by atoms with van der Waals surface area (Å²) in [6, 6.07) is 46.9. The Bertz CT molecular complexity index is 2150. The summed E-state index contributed by atoms with van der Waals surface area (Å²) in [5, 5.41) is 11.2. The van der Waals surface area contributed by atoms with Crippen LogP contribution in [0.3, 0.4) is 0 Å². The van der Waals surface area contributed by atoms with Crippen molar-refractivity contribution in [2.24, 2.45) is 9.98 Å². The van der Waals surface area contributed by atoms with E-state index in [0.29, 0.717) is 12.5 Å². The third-order valence-electron chi connectivity index (χ3n) is 8.52. The Morgan fingerprint density at radius 1 is 0.750 bits per heavy atom. The van der Waals surface area contributed by atoms with Crippen LogP contribution in [0.5, 0.6) is 0 Å². The summed E-state index contributed by atoms with van der Waals surface area (Å²) in [5.74, 6) is 0.313. The molecule has 44 heavy (non-hydrogen) atoms. The van der Waals surface area contributed by atoms with Gasteiger partial charge in [0.15, 0.2) is 0 Å². The lowest BCUT2D eigenvalue weighted by molar-refractivity contribution is 0.516. The Kier molecular flexibility index (Phi) is 7.56. The Balaban J connectivity index is 0.000000201. The molecular weight excluding hydrogens is 536 g/mol. The lowest BCUT2D eigenvalue weighted by Gasteiger charge is -2.26. The van der Waals surface area contributed by atoms with Crippen molar-refractivity contribution in [3.63, 3.8) is 0 Å². The average molecular weight is 571 g/mol. The van der Waals surface area contributed by atoms with Crippen molar-refractivity contribution in [2.75, 3.05) is 6.54 Å². The van der Waals surface area contributed by atoms with E-state index in [9.17, 15) is 0 Å². The first-order chi connectivity index (χ1) is 21.7. The zero-order valence-corrected chi connectivity index (χ0v) is 24.9. The van der Waals surface area contributed by atoms with Crippen LogP contribution >= 0.6 is 0 Å². The second-order valence-corrected chi connectivity index (χ2v) is 11.4. The first kappa shape index (κ1) is 27.5. The van der Waals surface area contributed by atoms with E-state index in [0.717, 1.165) is 24.3 Å². The number of nitrogens with zero attached hydrogens (tertiary/aromatic N) is 4. The van der Waals surface area contributed by atoms with Gasteiger partial charge in [0.2, 0.25) is 0 Å². The normalized spacial score (nSPS) is 14.1. The Labute approximate surface area is 258 Å². The molecule has 0 saturated carbocycles. The molecule has 1 aliphatic heterocycles. The Morgan fingerprint density at radius 2 is 1.41 bits per heavy atom. The van der Waals surface area contributed by atoms with Crippen molar-refractivity contribution >= 4 is 44.9 Å². The number of fused-ring (bicyclic) bond motifs is 7. The maximum absolute atomic E-state index is 5.03. The fourth-order valence-corrected chi connectivity index (χ4v) is 6.25. The molecular formula is C40H34N4. The topological polar surface area (TPSA) is 42.5 Å². The molecule has 0 amide bonds. The second kappa shape index (κ2) is 12.1. The van der Waals surface area contributed by atoms with Crippen molar-refractivity contribution < 1.29 is 0 Å². The Morgan fingerprint density at radius 3 is 2.20 bits per heavy atom. The van der Waals surface area contributed by atoms with Gasteiger partial charge in [-0.1, -0.05) is 115 Å². The van der Waals surface area contributed by atoms with E-state index in [1.807, 2.05) is 12.1 Å². The SMILES string of the molecule is C=NCc1ccc2ccccc2c1.CC(=NCC1Cn2nc3ccccc3c2-c2ccccc21)c1ccc2ccccc2c1. The first-order valence-electron chi connectivity index (χ1n) is 15.1. The van der Waals surface area contributed by atoms with E-state index in [1.165, 1.54) is 54.9 Å². The summed E-state index contributed by atoms with van der Waals surface area (Å²) < 4.78 is 2.18. The molecule has 1 atom stereocenters. The molecule has 4 nitrogen and oxygen atoms in total. The van der Waals surface area contributed by atoms with Crippen molar-refractivity contribution in [3.05, 3.63) is 150 Å². The standard InChI is InChI=1S/C28H23N3.C12H11N/c1-19(21-15-14-20-8-2-3-9-22(20)16-21)29-17-23-18-31-28(25-11-5-4-10-24(23)25)26-12-6-7-13-27(26)30-31;1-13-9-10-6-7-11-4-2-3-5-12(11)8-10/h2-16,23H,17-18H2,1H3;2-8H,1,9H2. The quantitative estimate of drug-likeness (QED) is 0.190. The highest BCUT2D eigenvalue weighted by atomic mass is 15.3. The maximum Gasteiger partial charge on any atom is 0.0929 e. The molecule has 1 aliphatic rings. The number of hydrogen-bond donors (Lipinski definition) is 0. The molecule has 7 aromatic rings. The van der Waals surface area contributed by atoms with Crippen LogP contribution in [-0.2, 0) is 13.1 Å². The van der Waals surface area contributed by atoms with Gasteiger partial charge in [-0.05, 0) is 70.1 Å². The Hall–Kier alpha value is -5.35. The minimum absolute atomic E-state index is 0.313. The molecule has 2 heterocycles. The fourth-order valence-electron chi connectivity index (χ4n) is 6.25. The summed E-state index contributed by atoms with van der Waals surface area (Å²) in [6.45, 7) is 7.91. The van der Waals surface area contributed by atoms with Crippen molar-refractivity contribution in [3.8, 4) is 11.3 Å². The molecule has 0 aliphatic carbocycles. The highest BCUT2D eigenvalue weighted by Gasteiger charge is 2.27. The molecule has 1 aromatic heterocycles. The summed E-state index contributed by atoms with van der Waals surface area (Å²) in [5.41, 5.74) is 8.44. The first-order valence-corrected chi connectivity index (χ1v) is 15.1. The van der Waals surface area contributed by atoms with Gasteiger partial charge in [0.25, 0.3) is 0 Å². The van der Waals surface area contributed by atoms with E-state index >= 15 is 0 Å². The summed E-state index contributed by atoms with van der Waals surface area (Å²) in [6.07, 6.45) is 0. The molecule has 0 fully saturated rings. The average Bonchev–Trinajstić information content (AvgIpc) is 3.46. The predicted molar refractivity (Wildman–Crippen MR) is 186 cm³/mol. The van der Waals surface area contributed by atoms with Gasteiger partial charge in [-0.3, -0.25) is 14.7 Å². The molecule has 0 N–H and O–H groups in total. The van der Waals surface area contributed by atoms with E-state index in [4.69, 9.17) is 10.1 Å². The van der Waals surface area contributed by atoms with E-state index in [2.05, 4.69) is 145 Å². The minimum atomic E-state index is 0.313. The van der Waals surface area contributed by atoms with Crippen LogP contribution in [0.4, 0.5) is 0 Å². The monoisotopic (exact) mass is 570 g/mol. The van der Waals surface area contributed by atoms with Crippen LogP contribution in [0, 0.1) is 0 Å². The highest BCUT2D eigenvalue weighted by Crippen LogP contribution is 2.39. The third kappa shape index (κ3) is 5.43. The molecule has 1 unspecified atom stereocenters. The summed E-state index contributed by atoms with van der Waals surface area (Å²) in [7, 11) is 0. The van der Waals surface area contributed by atoms with Crippen molar-refractivity contribution in [2.45, 2.75) is 25.9 Å². The number of rotatable bonds is 5. The van der Waals surface area contributed by atoms with Gasteiger partial charge in [0.1, 0.15) is 0 Å². The predicted octanol–water partition coefficient (Wildman–Crippen LogP) is 9.50. The lowest BCUT2D eigenvalue weighted by Crippen LogP contribution is -2.20.